The van der Waals surface area contributed by atoms with E-state index in [4.69, 9.17) is 11.6 Å². The fraction of sp³-hybridized carbons (Fsp3) is 0.278. The predicted octanol–water partition coefficient (Wildman–Crippen LogP) is 3.86. The van der Waals surface area contributed by atoms with Gasteiger partial charge >= 0.3 is 5.97 Å². The molecule has 1 fully saturated rings. The van der Waals surface area contributed by atoms with Crippen LogP contribution in [-0.2, 0) is 0 Å². The highest BCUT2D eigenvalue weighted by Crippen LogP contribution is 2.49. The van der Waals surface area contributed by atoms with E-state index in [1.807, 2.05) is 6.92 Å². The lowest BCUT2D eigenvalue weighted by Gasteiger charge is -2.34. The number of aromatic amines is 1. The molecular weight excluding hydrogens is 380 g/mol. The SMILES string of the molecule is Cc1cc(-c2cn3nc(C(=O)O)c(C4CC(F)(F)C4)c3c(=O)[nH]2)ccc1Cl. The Morgan fingerprint density at radius 1 is 1.41 bits per heavy atom. The van der Waals surface area contributed by atoms with Gasteiger partial charge in [0.2, 0.25) is 5.92 Å². The standard InChI is InChI=1S/C18H14ClF2N3O3/c1-8-4-9(2-3-11(8)19)12-7-24-15(16(25)22-12)13(14(23-24)17(26)27)10-5-18(20,21)6-10/h2-4,7,10H,5-6H2,1H3,(H,22,25)(H,26,27). The molecule has 1 saturated carbocycles. The summed E-state index contributed by atoms with van der Waals surface area (Å²) in [7, 11) is 0. The number of aromatic carboxylic acids is 1. The van der Waals surface area contributed by atoms with Crippen LogP contribution in [0.3, 0.4) is 0 Å². The molecule has 0 saturated heterocycles. The highest BCUT2D eigenvalue weighted by atomic mass is 35.5. The average Bonchev–Trinajstić information content (AvgIpc) is 2.95. The molecule has 3 aromatic rings. The molecule has 0 unspecified atom stereocenters. The van der Waals surface area contributed by atoms with Crippen LogP contribution in [-0.4, -0.2) is 31.6 Å². The number of carboxylic acid groups (broad SMARTS) is 1. The number of H-pyrrole nitrogens is 1. The second-order valence-corrected chi connectivity index (χ2v) is 7.19. The highest BCUT2D eigenvalue weighted by Gasteiger charge is 2.48. The normalized spacial score (nSPS) is 16.4. The number of nitrogens with one attached hydrogen (secondary N) is 1. The van der Waals surface area contributed by atoms with Crippen molar-refractivity contribution >= 4 is 23.1 Å². The zero-order chi connectivity index (χ0) is 19.5. The molecule has 1 aliphatic rings. The highest BCUT2D eigenvalue weighted by molar-refractivity contribution is 6.31. The van der Waals surface area contributed by atoms with Crippen LogP contribution < -0.4 is 5.56 Å². The lowest BCUT2D eigenvalue weighted by atomic mass is 9.76. The Hall–Kier alpha value is -2.74. The number of aromatic nitrogens is 3. The van der Waals surface area contributed by atoms with E-state index in [0.717, 1.165) is 10.1 Å². The number of nitrogens with zero attached hydrogens (tertiary/aromatic N) is 2. The minimum Gasteiger partial charge on any atom is -0.476 e. The Balaban J connectivity index is 1.90. The van der Waals surface area contributed by atoms with Gasteiger partial charge < -0.3 is 10.1 Å². The summed E-state index contributed by atoms with van der Waals surface area (Å²) in [5, 5.41) is 14.0. The van der Waals surface area contributed by atoms with Crippen LogP contribution in [0.2, 0.25) is 5.02 Å². The van der Waals surface area contributed by atoms with E-state index in [-0.39, 0.29) is 16.8 Å². The van der Waals surface area contributed by atoms with Gasteiger partial charge in [-0.3, -0.25) is 4.79 Å². The molecule has 1 aromatic carbocycles. The van der Waals surface area contributed by atoms with E-state index in [0.29, 0.717) is 16.3 Å². The summed E-state index contributed by atoms with van der Waals surface area (Å²) in [6.45, 7) is 1.81. The second-order valence-electron chi connectivity index (χ2n) is 6.78. The van der Waals surface area contributed by atoms with Crippen molar-refractivity contribution in [1.29, 1.82) is 0 Å². The van der Waals surface area contributed by atoms with Gasteiger partial charge in [-0.25, -0.2) is 18.1 Å². The van der Waals surface area contributed by atoms with Gasteiger partial charge in [-0.05, 0) is 30.2 Å². The summed E-state index contributed by atoms with van der Waals surface area (Å²) >= 11 is 6.02. The number of carboxylic acids is 1. The van der Waals surface area contributed by atoms with Gasteiger partial charge in [-0.1, -0.05) is 17.7 Å². The molecule has 4 rings (SSSR count). The van der Waals surface area contributed by atoms with Crippen LogP contribution in [0.5, 0.6) is 0 Å². The summed E-state index contributed by atoms with van der Waals surface area (Å²) in [6.07, 6.45) is 0.491. The number of carbonyl (C=O) groups is 1. The summed E-state index contributed by atoms with van der Waals surface area (Å²) in [5.74, 6) is -4.91. The van der Waals surface area contributed by atoms with Crippen molar-refractivity contribution in [3.8, 4) is 11.3 Å². The van der Waals surface area contributed by atoms with Gasteiger partial charge in [0.25, 0.3) is 5.56 Å². The second kappa shape index (κ2) is 5.88. The Morgan fingerprint density at radius 3 is 2.70 bits per heavy atom. The first kappa shape index (κ1) is 17.7. The van der Waals surface area contributed by atoms with Crippen molar-refractivity contribution in [2.75, 3.05) is 0 Å². The van der Waals surface area contributed by atoms with Gasteiger partial charge in [0.1, 0.15) is 5.52 Å². The number of halogens is 3. The van der Waals surface area contributed by atoms with E-state index in [1.165, 1.54) is 6.20 Å². The molecule has 2 heterocycles. The van der Waals surface area contributed by atoms with Crippen molar-refractivity contribution in [2.24, 2.45) is 0 Å². The third-order valence-corrected chi connectivity index (χ3v) is 5.26. The molecule has 0 atom stereocenters. The van der Waals surface area contributed by atoms with Crippen LogP contribution in [0.15, 0.2) is 29.2 Å². The third kappa shape index (κ3) is 2.90. The number of fused-ring (bicyclic) bond motifs is 1. The number of rotatable bonds is 3. The number of hydrogen-bond acceptors (Lipinski definition) is 3. The largest absolute Gasteiger partial charge is 0.476 e. The molecule has 0 radical (unpaired) electrons. The van der Waals surface area contributed by atoms with Crippen LogP contribution in [0.1, 0.15) is 40.4 Å². The Labute approximate surface area is 156 Å². The fourth-order valence-electron chi connectivity index (χ4n) is 3.47. The van der Waals surface area contributed by atoms with Crippen molar-refractivity contribution < 1.29 is 18.7 Å². The minimum atomic E-state index is -2.85. The molecule has 6 nitrogen and oxygen atoms in total. The lowest BCUT2D eigenvalue weighted by Crippen LogP contribution is -2.34. The molecule has 27 heavy (non-hydrogen) atoms. The van der Waals surface area contributed by atoms with Crippen molar-refractivity contribution in [3.05, 3.63) is 56.6 Å². The van der Waals surface area contributed by atoms with Crippen LogP contribution in [0, 0.1) is 6.92 Å². The minimum absolute atomic E-state index is 0.0117. The maximum atomic E-state index is 13.3. The Kier molecular flexibility index (Phi) is 3.85. The Morgan fingerprint density at radius 2 is 2.11 bits per heavy atom. The molecule has 1 aliphatic carbocycles. The van der Waals surface area contributed by atoms with E-state index >= 15 is 0 Å². The van der Waals surface area contributed by atoms with Crippen molar-refractivity contribution in [3.63, 3.8) is 0 Å². The van der Waals surface area contributed by atoms with Crippen LogP contribution in [0.4, 0.5) is 8.78 Å². The molecule has 0 aliphatic heterocycles. The summed E-state index contributed by atoms with van der Waals surface area (Å²) < 4.78 is 27.8. The maximum absolute atomic E-state index is 13.3. The molecule has 2 N–H and O–H groups in total. The molecule has 0 amide bonds. The van der Waals surface area contributed by atoms with Crippen molar-refractivity contribution in [1.82, 2.24) is 14.6 Å². The van der Waals surface area contributed by atoms with Crippen LogP contribution >= 0.6 is 11.6 Å². The summed E-state index contributed by atoms with van der Waals surface area (Å²) in [4.78, 5) is 26.9. The lowest BCUT2D eigenvalue weighted by molar-refractivity contribution is -0.0866. The quantitative estimate of drug-likeness (QED) is 0.707. The number of alkyl halides is 2. The number of aryl methyl sites for hydroxylation is 1. The number of hydrogen-bond donors (Lipinski definition) is 2. The van der Waals surface area contributed by atoms with Gasteiger partial charge in [0.15, 0.2) is 5.69 Å². The zero-order valence-electron chi connectivity index (χ0n) is 14.1. The van der Waals surface area contributed by atoms with E-state index in [9.17, 15) is 23.5 Å². The molecule has 2 aromatic heterocycles. The van der Waals surface area contributed by atoms with E-state index < -0.39 is 36.2 Å². The topological polar surface area (TPSA) is 87.5 Å². The van der Waals surface area contributed by atoms with Crippen LogP contribution in [0.25, 0.3) is 16.8 Å². The maximum Gasteiger partial charge on any atom is 0.356 e. The summed E-state index contributed by atoms with van der Waals surface area (Å²) in [5.41, 5.74) is 0.989. The molecule has 0 bridgehead atoms. The van der Waals surface area contributed by atoms with Gasteiger partial charge in [-0.15, -0.1) is 0 Å². The van der Waals surface area contributed by atoms with Gasteiger partial charge in [0.05, 0.1) is 11.9 Å². The zero-order valence-corrected chi connectivity index (χ0v) is 14.8. The summed E-state index contributed by atoms with van der Waals surface area (Å²) in [6, 6.07) is 5.16. The molecule has 9 heteroatoms. The van der Waals surface area contributed by atoms with E-state index in [2.05, 4.69) is 10.1 Å². The van der Waals surface area contributed by atoms with E-state index in [1.54, 1.807) is 18.2 Å². The first-order valence-corrected chi connectivity index (χ1v) is 8.57. The smallest absolute Gasteiger partial charge is 0.356 e. The first-order valence-electron chi connectivity index (χ1n) is 8.19. The molecule has 140 valence electrons. The first-order chi connectivity index (χ1) is 12.7. The molecule has 0 spiro atoms. The number of benzene rings is 1. The van der Waals surface area contributed by atoms with Gasteiger partial charge in [0, 0.05) is 29.3 Å². The predicted molar refractivity (Wildman–Crippen MR) is 94.9 cm³/mol. The molecular formula is C18H14ClF2N3O3. The Bertz CT molecular complexity index is 1140. The van der Waals surface area contributed by atoms with Crippen molar-refractivity contribution in [2.45, 2.75) is 31.6 Å². The third-order valence-electron chi connectivity index (χ3n) is 4.83. The monoisotopic (exact) mass is 393 g/mol. The fourth-order valence-corrected chi connectivity index (χ4v) is 3.59. The average molecular weight is 394 g/mol. The van der Waals surface area contributed by atoms with Gasteiger partial charge in [-0.2, -0.15) is 5.10 Å².